The Kier molecular flexibility index (Phi) is 7.57. The molecule has 0 fully saturated rings. The summed E-state index contributed by atoms with van der Waals surface area (Å²) in [5.74, 6) is 1.02. The van der Waals surface area contributed by atoms with E-state index < -0.39 is 0 Å². The molecule has 0 bridgehead atoms. The Bertz CT molecular complexity index is 1120. The average Bonchev–Trinajstić information content (AvgIpc) is 2.85. The molecule has 1 heterocycles. The molecule has 1 aliphatic heterocycles. The molecule has 0 aromatic heterocycles. The second-order valence-corrected chi connectivity index (χ2v) is 8.73. The van der Waals surface area contributed by atoms with Gasteiger partial charge in [-0.15, -0.1) is 0 Å². The largest absolute Gasteiger partial charge is 0.349 e. The van der Waals surface area contributed by atoms with Gasteiger partial charge in [0.1, 0.15) is 5.84 Å². The van der Waals surface area contributed by atoms with E-state index in [-0.39, 0.29) is 6.04 Å². The van der Waals surface area contributed by atoms with Gasteiger partial charge in [0, 0.05) is 12.2 Å². The number of amidine groups is 1. The molecule has 0 radical (unpaired) electrons. The third-order valence-corrected chi connectivity index (χ3v) is 6.41. The van der Waals surface area contributed by atoms with Gasteiger partial charge in [0.2, 0.25) is 0 Å². The van der Waals surface area contributed by atoms with Crippen molar-refractivity contribution in [3.63, 3.8) is 0 Å². The van der Waals surface area contributed by atoms with E-state index in [1.54, 1.807) is 0 Å². The minimum atomic E-state index is 0.259. The van der Waals surface area contributed by atoms with Gasteiger partial charge in [0.05, 0.1) is 6.04 Å². The number of fused-ring (bicyclic) bond motifs is 1. The maximum Gasteiger partial charge on any atom is 0.128 e. The molecule has 4 rings (SSSR count). The van der Waals surface area contributed by atoms with Gasteiger partial charge < -0.3 is 4.90 Å². The van der Waals surface area contributed by atoms with Gasteiger partial charge >= 0.3 is 0 Å². The van der Waals surface area contributed by atoms with Crippen LogP contribution in [0.4, 0.5) is 0 Å². The standard InChI is InChI=1S/C31H34N2/c1-4-11-31(32-24(3)5-2)33-21-20-28-14-9-10-15-29(28)30(33)23-27-18-16-26(17-19-27)22-25-12-7-6-8-13-25/h4,6-19,30H,3,5,20-23H2,1-2H3/b11-4-,32-31?. The normalized spacial score (nSPS) is 16.1. The molecule has 0 spiro atoms. The second-order valence-electron chi connectivity index (χ2n) is 8.73. The topological polar surface area (TPSA) is 15.6 Å². The molecule has 33 heavy (non-hydrogen) atoms. The Morgan fingerprint density at radius 3 is 2.33 bits per heavy atom. The molecular weight excluding hydrogens is 400 g/mol. The summed E-state index contributed by atoms with van der Waals surface area (Å²) in [6, 6.07) is 29.0. The quantitative estimate of drug-likeness (QED) is 0.281. The molecule has 0 saturated heterocycles. The van der Waals surface area contributed by atoms with Crippen LogP contribution in [0.5, 0.6) is 0 Å². The zero-order valence-electron chi connectivity index (χ0n) is 19.9. The van der Waals surface area contributed by atoms with Crippen molar-refractivity contribution in [1.82, 2.24) is 4.90 Å². The van der Waals surface area contributed by atoms with E-state index in [4.69, 9.17) is 4.99 Å². The van der Waals surface area contributed by atoms with Gasteiger partial charge in [-0.2, -0.15) is 0 Å². The van der Waals surface area contributed by atoms with Crippen molar-refractivity contribution in [2.45, 2.75) is 45.6 Å². The zero-order chi connectivity index (χ0) is 23.0. The maximum absolute atomic E-state index is 4.90. The van der Waals surface area contributed by atoms with Gasteiger partial charge in [0.25, 0.3) is 0 Å². The van der Waals surface area contributed by atoms with Crippen LogP contribution in [-0.4, -0.2) is 17.3 Å². The molecule has 1 unspecified atom stereocenters. The van der Waals surface area contributed by atoms with E-state index in [1.165, 1.54) is 27.8 Å². The highest BCUT2D eigenvalue weighted by molar-refractivity contribution is 5.94. The highest BCUT2D eigenvalue weighted by Gasteiger charge is 2.28. The van der Waals surface area contributed by atoms with Crippen LogP contribution in [0.2, 0.25) is 0 Å². The number of allylic oxidation sites excluding steroid dienone is 2. The Hall–Kier alpha value is -3.39. The number of nitrogens with zero attached hydrogens (tertiary/aromatic N) is 2. The number of benzene rings is 3. The third kappa shape index (κ3) is 5.70. The number of hydrogen-bond donors (Lipinski definition) is 0. The minimum Gasteiger partial charge on any atom is -0.349 e. The van der Waals surface area contributed by atoms with Gasteiger partial charge in [0.15, 0.2) is 0 Å². The minimum absolute atomic E-state index is 0.259. The molecule has 2 heteroatoms. The van der Waals surface area contributed by atoms with Gasteiger partial charge in [-0.1, -0.05) is 98.4 Å². The molecule has 0 aliphatic carbocycles. The molecule has 3 aromatic rings. The number of rotatable bonds is 7. The van der Waals surface area contributed by atoms with Crippen LogP contribution in [0, 0.1) is 0 Å². The van der Waals surface area contributed by atoms with Crippen molar-refractivity contribution in [2.75, 3.05) is 6.54 Å². The number of aliphatic imine (C=N–C) groups is 1. The predicted octanol–water partition coefficient (Wildman–Crippen LogP) is 7.32. The summed E-state index contributed by atoms with van der Waals surface area (Å²) in [5, 5.41) is 0. The molecule has 0 N–H and O–H groups in total. The average molecular weight is 435 g/mol. The lowest BCUT2D eigenvalue weighted by Crippen LogP contribution is -2.40. The smallest absolute Gasteiger partial charge is 0.128 e. The fraction of sp³-hybridized carbons (Fsp3) is 0.258. The van der Waals surface area contributed by atoms with E-state index in [1.807, 2.05) is 0 Å². The molecular formula is C31H34N2. The van der Waals surface area contributed by atoms with Crippen LogP contribution in [0.3, 0.4) is 0 Å². The van der Waals surface area contributed by atoms with Crippen LogP contribution in [0.15, 0.2) is 108 Å². The third-order valence-electron chi connectivity index (χ3n) is 6.41. The maximum atomic E-state index is 4.90. The summed E-state index contributed by atoms with van der Waals surface area (Å²) < 4.78 is 0. The molecule has 1 atom stereocenters. The fourth-order valence-corrected chi connectivity index (χ4v) is 4.58. The lowest BCUT2D eigenvalue weighted by Gasteiger charge is -2.39. The summed E-state index contributed by atoms with van der Waals surface area (Å²) in [6.07, 6.45) is 8.04. The monoisotopic (exact) mass is 434 g/mol. The Labute approximate surface area is 199 Å². The van der Waals surface area contributed by atoms with Crippen molar-refractivity contribution in [1.29, 1.82) is 0 Å². The van der Waals surface area contributed by atoms with Gasteiger partial charge in [-0.05, 0) is 66.5 Å². The van der Waals surface area contributed by atoms with Gasteiger partial charge in [-0.3, -0.25) is 0 Å². The molecule has 0 amide bonds. The highest BCUT2D eigenvalue weighted by Crippen LogP contribution is 2.33. The Balaban J connectivity index is 1.62. The molecule has 168 valence electrons. The summed E-state index contributed by atoms with van der Waals surface area (Å²) in [7, 11) is 0. The Morgan fingerprint density at radius 1 is 0.939 bits per heavy atom. The van der Waals surface area contributed by atoms with Crippen molar-refractivity contribution >= 4 is 5.84 Å². The molecule has 3 aromatic carbocycles. The summed E-state index contributed by atoms with van der Waals surface area (Å²) >= 11 is 0. The van der Waals surface area contributed by atoms with E-state index in [0.717, 1.165) is 43.8 Å². The van der Waals surface area contributed by atoms with E-state index in [0.29, 0.717) is 0 Å². The van der Waals surface area contributed by atoms with E-state index in [2.05, 4.69) is 116 Å². The van der Waals surface area contributed by atoms with Gasteiger partial charge in [-0.25, -0.2) is 4.99 Å². The summed E-state index contributed by atoms with van der Waals surface area (Å²) in [6.45, 7) is 9.27. The lowest BCUT2D eigenvalue weighted by molar-refractivity contribution is 0.298. The molecule has 0 saturated carbocycles. The zero-order valence-corrected chi connectivity index (χ0v) is 19.9. The number of hydrogen-bond acceptors (Lipinski definition) is 1. The van der Waals surface area contributed by atoms with Crippen LogP contribution >= 0.6 is 0 Å². The summed E-state index contributed by atoms with van der Waals surface area (Å²) in [4.78, 5) is 7.37. The first-order valence-corrected chi connectivity index (χ1v) is 12.0. The van der Waals surface area contributed by atoms with Crippen LogP contribution in [-0.2, 0) is 19.3 Å². The highest BCUT2D eigenvalue weighted by atomic mass is 15.2. The first-order chi connectivity index (χ1) is 16.2. The summed E-state index contributed by atoms with van der Waals surface area (Å²) in [5.41, 5.74) is 7.84. The van der Waals surface area contributed by atoms with E-state index >= 15 is 0 Å². The van der Waals surface area contributed by atoms with Crippen molar-refractivity contribution in [3.8, 4) is 0 Å². The Morgan fingerprint density at radius 2 is 1.61 bits per heavy atom. The van der Waals surface area contributed by atoms with Crippen molar-refractivity contribution < 1.29 is 0 Å². The second kappa shape index (κ2) is 11.0. The first-order valence-electron chi connectivity index (χ1n) is 12.0. The SMILES string of the molecule is C=C(CC)N=C(/C=C\C)N1CCc2ccccc2C1Cc1ccc(Cc2ccccc2)cc1. The fourth-order valence-electron chi connectivity index (χ4n) is 4.58. The van der Waals surface area contributed by atoms with E-state index in [9.17, 15) is 0 Å². The molecule has 1 aliphatic rings. The lowest BCUT2D eigenvalue weighted by atomic mass is 9.88. The van der Waals surface area contributed by atoms with Crippen molar-refractivity contribution in [2.24, 2.45) is 4.99 Å². The predicted molar refractivity (Wildman–Crippen MR) is 141 cm³/mol. The molecule has 2 nitrogen and oxygen atoms in total. The van der Waals surface area contributed by atoms with Crippen LogP contribution < -0.4 is 0 Å². The van der Waals surface area contributed by atoms with Crippen molar-refractivity contribution in [3.05, 3.63) is 131 Å². The van der Waals surface area contributed by atoms with Crippen LogP contribution in [0.25, 0.3) is 0 Å². The van der Waals surface area contributed by atoms with Crippen LogP contribution in [0.1, 0.15) is 54.1 Å². The first kappa shape index (κ1) is 22.8.